The van der Waals surface area contributed by atoms with Gasteiger partial charge in [0.1, 0.15) is 13.2 Å². The van der Waals surface area contributed by atoms with E-state index in [9.17, 15) is 9.59 Å². The fourth-order valence-electron chi connectivity index (χ4n) is 5.01. The van der Waals surface area contributed by atoms with Gasteiger partial charge in [0.15, 0.2) is 17.3 Å². The number of benzene rings is 2. The van der Waals surface area contributed by atoms with Crippen molar-refractivity contribution in [1.82, 2.24) is 15.1 Å². The standard InChI is InChI=1S/C28H31ClN4O4/c1-18-5-4-6-19(13-18)20-7-8-30-25(31-16-20)27(35)33-10-9-32(17-28(33,2)3)26(34)21-14-22(29)24-23(15-21)36-11-12-37-24/h4-6,13-16H,7-12,17H2,1-3H3,(H,30,31). The SMILES string of the molecule is Cc1cccc(C2=CNC(C(=O)N3CCN(C(=O)c4cc(Cl)c5c(c4)OCCO5)CC3(C)C)=NCC2)c1. The Morgan fingerprint density at radius 3 is 2.68 bits per heavy atom. The van der Waals surface area contributed by atoms with Crippen molar-refractivity contribution in [2.45, 2.75) is 32.7 Å². The average Bonchev–Trinajstić information content (AvgIpc) is 3.14. The number of fused-ring (bicyclic) bond motifs is 1. The van der Waals surface area contributed by atoms with Crippen LogP contribution in [-0.4, -0.2) is 72.4 Å². The predicted molar refractivity (Wildman–Crippen MR) is 143 cm³/mol. The van der Waals surface area contributed by atoms with Crippen LogP contribution in [0, 0.1) is 6.92 Å². The lowest BCUT2D eigenvalue weighted by Crippen LogP contribution is -2.63. The van der Waals surface area contributed by atoms with Crippen molar-refractivity contribution in [3.63, 3.8) is 0 Å². The summed E-state index contributed by atoms with van der Waals surface area (Å²) in [5.74, 6) is 0.951. The monoisotopic (exact) mass is 522 g/mol. The van der Waals surface area contributed by atoms with E-state index in [0.717, 1.165) is 17.6 Å². The highest BCUT2D eigenvalue weighted by molar-refractivity contribution is 6.38. The summed E-state index contributed by atoms with van der Waals surface area (Å²) >= 11 is 6.35. The van der Waals surface area contributed by atoms with E-state index in [4.69, 9.17) is 21.1 Å². The highest BCUT2D eigenvalue weighted by Gasteiger charge is 2.40. The fraction of sp³-hybridized carbons (Fsp3) is 0.393. The number of ether oxygens (including phenoxy) is 2. The molecule has 0 aliphatic carbocycles. The highest BCUT2D eigenvalue weighted by atomic mass is 35.5. The molecule has 0 bridgehead atoms. The summed E-state index contributed by atoms with van der Waals surface area (Å²) in [6.45, 7) is 8.52. The third-order valence-electron chi connectivity index (χ3n) is 6.90. The van der Waals surface area contributed by atoms with Gasteiger partial charge in [0.2, 0.25) is 0 Å². The van der Waals surface area contributed by atoms with Gasteiger partial charge in [-0.3, -0.25) is 14.6 Å². The van der Waals surface area contributed by atoms with Crippen LogP contribution in [0.5, 0.6) is 11.5 Å². The molecule has 37 heavy (non-hydrogen) atoms. The molecule has 3 heterocycles. The molecule has 2 aromatic rings. The molecule has 0 radical (unpaired) electrons. The van der Waals surface area contributed by atoms with Gasteiger partial charge in [-0.25, -0.2) is 0 Å². The Labute approximate surface area is 221 Å². The molecule has 2 amide bonds. The normalized spacial score (nSPS) is 18.8. The molecule has 0 aromatic heterocycles. The summed E-state index contributed by atoms with van der Waals surface area (Å²) in [5.41, 5.74) is 3.27. The van der Waals surface area contributed by atoms with Gasteiger partial charge in [-0.2, -0.15) is 0 Å². The molecule has 1 N–H and O–H groups in total. The number of nitrogens with zero attached hydrogens (tertiary/aromatic N) is 3. The molecular formula is C28H31ClN4O4. The number of aryl methyl sites for hydroxylation is 1. The molecule has 9 heteroatoms. The smallest absolute Gasteiger partial charge is 0.289 e. The summed E-state index contributed by atoms with van der Waals surface area (Å²) in [4.78, 5) is 35.0. The van der Waals surface area contributed by atoms with Crippen LogP contribution in [0.4, 0.5) is 0 Å². The van der Waals surface area contributed by atoms with Gasteiger partial charge >= 0.3 is 0 Å². The van der Waals surface area contributed by atoms with Gasteiger partial charge < -0.3 is 24.6 Å². The largest absolute Gasteiger partial charge is 0.486 e. The van der Waals surface area contributed by atoms with Gasteiger partial charge in [0.25, 0.3) is 11.8 Å². The molecule has 1 fully saturated rings. The van der Waals surface area contributed by atoms with Gasteiger partial charge in [-0.05, 0) is 50.5 Å². The second-order valence-electron chi connectivity index (χ2n) is 10.1. The zero-order valence-corrected chi connectivity index (χ0v) is 22.1. The molecule has 194 valence electrons. The number of halogens is 1. The Kier molecular flexibility index (Phi) is 6.86. The predicted octanol–water partition coefficient (Wildman–Crippen LogP) is 3.92. The van der Waals surface area contributed by atoms with Gasteiger partial charge in [0.05, 0.1) is 10.6 Å². The first-order chi connectivity index (χ1) is 17.7. The second kappa shape index (κ2) is 10.1. The zero-order chi connectivity index (χ0) is 26.2. The molecule has 0 unspecified atom stereocenters. The van der Waals surface area contributed by atoms with Crippen LogP contribution < -0.4 is 14.8 Å². The number of amidine groups is 1. The molecule has 8 nitrogen and oxygen atoms in total. The number of hydrogen-bond acceptors (Lipinski definition) is 6. The van der Waals surface area contributed by atoms with E-state index in [1.807, 2.05) is 26.1 Å². The van der Waals surface area contributed by atoms with Crippen molar-refractivity contribution in [3.8, 4) is 11.5 Å². The van der Waals surface area contributed by atoms with Crippen LogP contribution in [0.25, 0.3) is 5.57 Å². The number of nitrogens with one attached hydrogen (secondary N) is 1. The van der Waals surface area contributed by atoms with Crippen LogP contribution in [0.3, 0.4) is 0 Å². The van der Waals surface area contributed by atoms with E-state index in [1.54, 1.807) is 21.9 Å². The molecule has 3 aliphatic heterocycles. The molecule has 2 aromatic carbocycles. The molecule has 0 atom stereocenters. The Balaban J connectivity index is 1.28. The van der Waals surface area contributed by atoms with Crippen molar-refractivity contribution in [1.29, 1.82) is 0 Å². The maximum Gasteiger partial charge on any atom is 0.289 e. The van der Waals surface area contributed by atoms with E-state index in [2.05, 4.69) is 35.4 Å². The lowest BCUT2D eigenvalue weighted by atomic mass is 9.97. The first-order valence-electron chi connectivity index (χ1n) is 12.5. The third kappa shape index (κ3) is 5.16. The van der Waals surface area contributed by atoms with Gasteiger partial charge in [0, 0.05) is 37.9 Å². The van der Waals surface area contributed by atoms with Crippen molar-refractivity contribution in [3.05, 3.63) is 64.3 Å². The number of amides is 2. The Hall–Kier alpha value is -3.52. The van der Waals surface area contributed by atoms with E-state index >= 15 is 0 Å². The minimum atomic E-state index is -0.595. The molecular weight excluding hydrogens is 492 g/mol. The third-order valence-corrected chi connectivity index (χ3v) is 7.18. The van der Waals surface area contributed by atoms with E-state index in [0.29, 0.717) is 67.3 Å². The number of aliphatic imine (C=N–C) groups is 1. The minimum absolute atomic E-state index is 0.158. The Morgan fingerprint density at radius 2 is 1.89 bits per heavy atom. The minimum Gasteiger partial charge on any atom is -0.486 e. The van der Waals surface area contributed by atoms with Crippen LogP contribution in [-0.2, 0) is 4.79 Å². The molecule has 1 saturated heterocycles. The highest BCUT2D eigenvalue weighted by Crippen LogP contribution is 2.39. The number of hydrogen-bond donors (Lipinski definition) is 1. The number of carbonyl (C=O) groups is 2. The van der Waals surface area contributed by atoms with E-state index in [1.165, 1.54) is 5.56 Å². The zero-order valence-electron chi connectivity index (χ0n) is 21.3. The van der Waals surface area contributed by atoms with Crippen molar-refractivity contribution >= 4 is 34.8 Å². The first-order valence-corrected chi connectivity index (χ1v) is 12.9. The molecule has 5 rings (SSSR count). The summed E-state index contributed by atoms with van der Waals surface area (Å²) < 4.78 is 11.2. The number of carbonyl (C=O) groups excluding carboxylic acids is 2. The van der Waals surface area contributed by atoms with Crippen LogP contribution in [0.15, 0.2) is 47.6 Å². The van der Waals surface area contributed by atoms with Crippen LogP contribution in [0.2, 0.25) is 5.02 Å². The van der Waals surface area contributed by atoms with Gasteiger partial charge in [-0.15, -0.1) is 0 Å². The van der Waals surface area contributed by atoms with Gasteiger partial charge in [-0.1, -0.05) is 41.4 Å². The van der Waals surface area contributed by atoms with Crippen LogP contribution in [0.1, 0.15) is 41.8 Å². The maximum absolute atomic E-state index is 13.5. The summed E-state index contributed by atoms with van der Waals surface area (Å²) in [6, 6.07) is 11.6. The van der Waals surface area contributed by atoms with E-state index in [-0.39, 0.29) is 11.8 Å². The summed E-state index contributed by atoms with van der Waals surface area (Å²) in [6.07, 6.45) is 2.63. The van der Waals surface area contributed by atoms with Crippen molar-refractivity contribution < 1.29 is 19.1 Å². The molecule has 0 spiro atoms. The first kappa shape index (κ1) is 25.1. The quantitative estimate of drug-likeness (QED) is 0.660. The number of rotatable bonds is 3. The topological polar surface area (TPSA) is 83.5 Å². The molecule has 0 saturated carbocycles. The lowest BCUT2D eigenvalue weighted by molar-refractivity contribution is -0.132. The fourth-order valence-corrected chi connectivity index (χ4v) is 5.28. The van der Waals surface area contributed by atoms with E-state index < -0.39 is 5.54 Å². The van der Waals surface area contributed by atoms with Crippen molar-refractivity contribution in [2.24, 2.45) is 4.99 Å². The Bertz CT molecular complexity index is 1300. The second-order valence-corrected chi connectivity index (χ2v) is 10.5. The summed E-state index contributed by atoms with van der Waals surface area (Å²) in [5, 5.41) is 3.51. The summed E-state index contributed by atoms with van der Waals surface area (Å²) in [7, 11) is 0. The number of piperazine rings is 1. The molecule has 3 aliphatic rings. The van der Waals surface area contributed by atoms with Crippen LogP contribution >= 0.6 is 11.6 Å². The average molecular weight is 523 g/mol. The maximum atomic E-state index is 13.5. The lowest BCUT2D eigenvalue weighted by Gasteiger charge is -2.47. The Morgan fingerprint density at radius 1 is 1.08 bits per heavy atom. The van der Waals surface area contributed by atoms with Crippen molar-refractivity contribution in [2.75, 3.05) is 39.4 Å².